The van der Waals surface area contributed by atoms with Crippen molar-refractivity contribution < 1.29 is 18.4 Å². The van der Waals surface area contributed by atoms with Gasteiger partial charge in [-0.2, -0.15) is 30.9 Å². The number of ketones is 2. The number of rotatable bonds is 14. The van der Waals surface area contributed by atoms with E-state index in [0.29, 0.717) is 43.4 Å². The quantitative estimate of drug-likeness (QED) is 0.0945. The number of hydrogen-bond donors (Lipinski definition) is 0. The molecule has 3 aromatic carbocycles. The topological polar surface area (TPSA) is 182 Å². The molecule has 0 fully saturated rings. The minimum atomic E-state index is -0.733. The Bertz CT molecular complexity index is 3870. The molecule has 5 heterocycles. The van der Waals surface area contributed by atoms with Crippen LogP contribution in [0.3, 0.4) is 0 Å². The number of Topliss-reactive ketones (excluding diaryl/α,β-unsaturated/α-hetero) is 2. The summed E-state index contributed by atoms with van der Waals surface area (Å²) in [4.78, 5) is 40.8. The maximum absolute atomic E-state index is 14.3. The fourth-order valence-corrected chi connectivity index (χ4v) is 13.8. The summed E-state index contributed by atoms with van der Waals surface area (Å²) in [7, 11) is 0. The molecule has 80 heavy (non-hydrogen) atoms. The summed E-state index contributed by atoms with van der Waals surface area (Å²) in [5, 5.41) is 40.2. The highest BCUT2D eigenvalue weighted by Gasteiger charge is 2.53. The van der Waals surface area contributed by atoms with Crippen LogP contribution in [0.15, 0.2) is 145 Å². The van der Waals surface area contributed by atoms with E-state index in [1.165, 1.54) is 30.7 Å². The Labute approximate surface area is 462 Å². The van der Waals surface area contributed by atoms with Crippen LogP contribution >= 0.6 is 0 Å². The van der Waals surface area contributed by atoms with Crippen LogP contribution in [0.2, 0.25) is 0 Å². The zero-order valence-corrected chi connectivity index (χ0v) is 44.8. The molecular formula is C65H57F2N11O2. The number of pyridine rings is 1. The van der Waals surface area contributed by atoms with Gasteiger partial charge >= 0.3 is 0 Å². The Morgan fingerprint density at radius 1 is 0.625 bits per heavy atom. The summed E-state index contributed by atoms with van der Waals surface area (Å²) in [6.45, 7) is 6.39. The molecule has 6 atom stereocenters. The predicted octanol–water partition coefficient (Wildman–Crippen LogP) is 12.5. The third-order valence-corrected chi connectivity index (χ3v) is 17.6. The van der Waals surface area contributed by atoms with E-state index < -0.39 is 22.6 Å². The van der Waals surface area contributed by atoms with Crippen LogP contribution in [0.25, 0.3) is 56.3 Å². The minimum Gasteiger partial charge on any atom is -0.293 e. The van der Waals surface area contributed by atoms with Gasteiger partial charge in [0, 0.05) is 62.9 Å². The van der Waals surface area contributed by atoms with Gasteiger partial charge in [-0.05, 0) is 141 Å². The average Bonchev–Trinajstić information content (AvgIpc) is 3.38. The zero-order chi connectivity index (χ0) is 55.3. The highest BCUT2D eigenvalue weighted by Crippen LogP contribution is 2.55. The molecule has 15 heteroatoms. The van der Waals surface area contributed by atoms with Gasteiger partial charge in [-0.3, -0.25) is 14.6 Å². The maximum atomic E-state index is 14.3. The number of hydrogen-bond acceptors (Lipinski definition) is 11. The molecule has 4 aliphatic rings. The first-order valence-electron chi connectivity index (χ1n) is 27.7. The lowest BCUT2D eigenvalue weighted by atomic mass is 9.56. The van der Waals surface area contributed by atoms with Crippen molar-refractivity contribution in [1.29, 1.82) is 10.5 Å². The fraction of sp³-hybridized carbons (Fsp3) is 0.308. The van der Waals surface area contributed by atoms with Crippen molar-refractivity contribution in [2.45, 2.75) is 102 Å². The van der Waals surface area contributed by atoms with Crippen LogP contribution in [0.4, 0.5) is 8.78 Å². The SMILES string of the molecule is CCCC[C@H]1C(=O)C(C#N)=C[C@@]2(C)c3c(c(-c4ccc(F)cc4)nn3-c3ccc(-c4cnnc(CCCC[C@H]5C(=O)C(C#N)=C[C@@]6(C)c7c(c(-c8ccncn8)nn7-c7ccc(-c8cncc(F)c8)cc7)CC[C@H]56)c4)cc3)CC[C@H]12. The second-order valence-corrected chi connectivity index (χ2v) is 22.2. The van der Waals surface area contributed by atoms with Crippen LogP contribution in [-0.2, 0) is 39.7 Å². The molecule has 13 nitrogen and oxygen atoms in total. The van der Waals surface area contributed by atoms with E-state index in [1.54, 1.807) is 30.7 Å². The summed E-state index contributed by atoms with van der Waals surface area (Å²) in [6.07, 6.45) is 19.6. The molecule has 0 N–H and O–H groups in total. The molecule has 0 amide bonds. The molecule has 0 spiro atoms. The van der Waals surface area contributed by atoms with Gasteiger partial charge < -0.3 is 0 Å². The highest BCUT2D eigenvalue weighted by molar-refractivity contribution is 6.03. The Hall–Kier alpha value is -8.95. The number of aryl methyl sites for hydroxylation is 1. The largest absolute Gasteiger partial charge is 0.293 e. The van der Waals surface area contributed by atoms with Crippen molar-refractivity contribution in [3.05, 3.63) is 185 Å². The molecule has 0 aliphatic heterocycles. The smallest absolute Gasteiger partial charge is 0.176 e. The first-order chi connectivity index (χ1) is 38.9. The number of carbonyl (C=O) groups excluding carboxylic acids is 2. The molecular weight excluding hydrogens is 1000 g/mol. The number of aromatic nitrogens is 9. The Morgan fingerprint density at radius 3 is 1.75 bits per heavy atom. The Balaban J connectivity index is 0.792. The second kappa shape index (κ2) is 21.0. The number of carbonyl (C=O) groups is 2. The van der Waals surface area contributed by atoms with Gasteiger partial charge in [-0.15, -0.1) is 0 Å². The van der Waals surface area contributed by atoms with E-state index in [1.807, 2.05) is 76.1 Å². The Morgan fingerprint density at radius 2 is 1.19 bits per heavy atom. The highest BCUT2D eigenvalue weighted by atomic mass is 19.1. The predicted molar refractivity (Wildman–Crippen MR) is 298 cm³/mol. The monoisotopic (exact) mass is 1060 g/mol. The van der Waals surface area contributed by atoms with E-state index >= 15 is 0 Å². The van der Waals surface area contributed by atoms with E-state index in [9.17, 15) is 28.9 Å². The van der Waals surface area contributed by atoms with Crippen LogP contribution < -0.4 is 0 Å². The number of unbranched alkanes of at least 4 members (excludes halogenated alkanes) is 2. The number of benzene rings is 3. The molecule has 12 rings (SSSR count). The molecule has 0 unspecified atom stereocenters. The summed E-state index contributed by atoms with van der Waals surface area (Å²) < 4.78 is 32.3. The van der Waals surface area contributed by atoms with E-state index in [4.69, 9.17) is 10.2 Å². The van der Waals surface area contributed by atoms with Crippen LogP contribution in [0.5, 0.6) is 0 Å². The van der Waals surface area contributed by atoms with Crippen molar-refractivity contribution in [1.82, 2.24) is 44.7 Å². The first-order valence-corrected chi connectivity index (χ1v) is 27.7. The maximum Gasteiger partial charge on any atom is 0.176 e. The molecule has 4 aliphatic carbocycles. The summed E-state index contributed by atoms with van der Waals surface area (Å²) in [5.41, 5.74) is 11.5. The van der Waals surface area contributed by atoms with Gasteiger partial charge in [0.2, 0.25) is 0 Å². The Kier molecular flexibility index (Phi) is 13.6. The summed E-state index contributed by atoms with van der Waals surface area (Å²) in [5.74, 6) is -1.72. The number of nitriles is 2. The van der Waals surface area contributed by atoms with Crippen LogP contribution in [-0.4, -0.2) is 56.3 Å². The van der Waals surface area contributed by atoms with E-state index in [0.717, 1.165) is 112 Å². The lowest BCUT2D eigenvalue weighted by Crippen LogP contribution is -2.47. The lowest BCUT2D eigenvalue weighted by molar-refractivity contribution is -0.123. The summed E-state index contributed by atoms with van der Waals surface area (Å²) >= 11 is 0. The molecule has 0 radical (unpaired) electrons. The van der Waals surface area contributed by atoms with Crippen molar-refractivity contribution in [2.75, 3.05) is 0 Å². The third-order valence-electron chi connectivity index (χ3n) is 17.6. The van der Waals surface area contributed by atoms with Crippen molar-refractivity contribution in [3.8, 4) is 68.4 Å². The molecule has 0 saturated carbocycles. The summed E-state index contributed by atoms with van der Waals surface area (Å²) in [6, 6.07) is 32.1. The zero-order valence-electron chi connectivity index (χ0n) is 44.8. The number of halogens is 2. The van der Waals surface area contributed by atoms with Crippen molar-refractivity contribution in [3.63, 3.8) is 0 Å². The molecule has 8 aromatic rings. The minimum absolute atomic E-state index is 0.0146. The molecule has 0 bridgehead atoms. The van der Waals surface area contributed by atoms with E-state index in [-0.39, 0.29) is 46.3 Å². The van der Waals surface area contributed by atoms with Crippen LogP contribution in [0.1, 0.15) is 100 Å². The normalized spacial score (nSPS) is 22.0. The molecule has 5 aromatic heterocycles. The van der Waals surface area contributed by atoms with Crippen molar-refractivity contribution >= 4 is 11.6 Å². The molecule has 398 valence electrons. The third kappa shape index (κ3) is 9.04. The van der Waals surface area contributed by atoms with E-state index in [2.05, 4.69) is 64.1 Å². The number of allylic oxidation sites excluding steroid dienone is 4. The number of fused-ring (bicyclic) bond motifs is 6. The first kappa shape index (κ1) is 51.8. The van der Waals surface area contributed by atoms with Gasteiger partial charge in [0.1, 0.15) is 35.8 Å². The van der Waals surface area contributed by atoms with Gasteiger partial charge in [0.05, 0.1) is 63.4 Å². The van der Waals surface area contributed by atoms with Crippen LogP contribution in [0, 0.1) is 58.0 Å². The molecule has 0 saturated heterocycles. The second-order valence-electron chi connectivity index (χ2n) is 22.2. The fourth-order valence-electron chi connectivity index (χ4n) is 13.8. The van der Waals surface area contributed by atoms with Gasteiger partial charge in [-0.25, -0.2) is 28.1 Å². The number of nitrogens with zero attached hydrogens (tertiary/aromatic N) is 11. The van der Waals surface area contributed by atoms with Gasteiger partial charge in [0.15, 0.2) is 11.6 Å². The lowest BCUT2D eigenvalue weighted by Gasteiger charge is -2.46. The van der Waals surface area contributed by atoms with Gasteiger partial charge in [-0.1, -0.05) is 76.5 Å². The standard InChI is InChI=1S/C65H57F2N11O2/c1-4-5-9-51-55-25-23-53-58(41-11-17-46(66)18-12-41)75-77(62(53)64(55,2)31-44(33-68)60(51)79)49-21-15-40(16-22-49)43-30-48(74-73-36-43)8-6-7-10-52-56-26-24-54-59(57-27-28-70-38-72-57)76-78(63(54)65(56,3)32-45(34-69)61(52)80)50-19-13-39(14-20-50)42-29-47(67)37-71-35-42/h11-22,27-32,35-38,51-52,55-56H,4-10,23-26H2,1-3H3/t51-,52-,55-,56-,64-,65-/m1/s1. The van der Waals surface area contributed by atoms with Gasteiger partial charge in [0.25, 0.3) is 0 Å². The van der Waals surface area contributed by atoms with Crippen molar-refractivity contribution in [2.24, 2.45) is 23.7 Å². The average molecular weight is 1060 g/mol.